The van der Waals surface area contributed by atoms with Gasteiger partial charge < -0.3 is 28.8 Å². The number of methoxy groups -OCH3 is 4. The van der Waals surface area contributed by atoms with E-state index in [1.54, 1.807) is 53.5 Å². The van der Waals surface area contributed by atoms with E-state index in [9.17, 15) is 14.4 Å². The SMILES string of the molecule is COC(=O)c1sccc1NC(=O)c1cn(-c2ccc(OC)cc2)c2cc(OC)c(OC)cc2c1=O. The molecule has 4 aromatic rings. The highest BCUT2D eigenvalue weighted by molar-refractivity contribution is 7.12. The average molecular weight is 495 g/mol. The third kappa shape index (κ3) is 4.43. The minimum atomic E-state index is -0.669. The number of ether oxygens (including phenoxy) is 4. The van der Waals surface area contributed by atoms with Gasteiger partial charge in [0.05, 0.1) is 45.0 Å². The predicted octanol–water partition coefficient (Wildman–Crippen LogP) is 4.12. The number of nitrogens with one attached hydrogen (secondary N) is 1. The number of carbonyl (C=O) groups excluding carboxylic acids is 2. The second-order valence-corrected chi connectivity index (χ2v) is 8.19. The molecule has 0 bridgehead atoms. The summed E-state index contributed by atoms with van der Waals surface area (Å²) in [6.45, 7) is 0. The molecule has 0 aliphatic heterocycles. The summed E-state index contributed by atoms with van der Waals surface area (Å²) in [6.07, 6.45) is 1.46. The zero-order valence-corrected chi connectivity index (χ0v) is 20.2. The van der Waals surface area contributed by atoms with Gasteiger partial charge >= 0.3 is 5.97 Å². The van der Waals surface area contributed by atoms with E-state index < -0.39 is 17.3 Å². The predicted molar refractivity (Wildman–Crippen MR) is 133 cm³/mol. The Balaban J connectivity index is 1.91. The summed E-state index contributed by atoms with van der Waals surface area (Å²) in [5, 5.41) is 4.56. The van der Waals surface area contributed by atoms with Crippen LogP contribution in [0.1, 0.15) is 20.0 Å². The number of nitrogens with zero attached hydrogens (tertiary/aromatic N) is 1. The number of hydrogen-bond donors (Lipinski definition) is 1. The summed E-state index contributed by atoms with van der Waals surface area (Å²) < 4.78 is 22.5. The van der Waals surface area contributed by atoms with Gasteiger partial charge in [-0.3, -0.25) is 9.59 Å². The molecule has 0 aliphatic carbocycles. The lowest BCUT2D eigenvalue weighted by atomic mass is 10.1. The molecular formula is C25H22N2O7S. The third-order valence-electron chi connectivity index (χ3n) is 5.39. The summed E-state index contributed by atoms with van der Waals surface area (Å²) >= 11 is 1.12. The summed E-state index contributed by atoms with van der Waals surface area (Å²) in [6, 6.07) is 11.9. The Kier molecular flexibility index (Phi) is 6.74. The highest BCUT2D eigenvalue weighted by Gasteiger charge is 2.21. The minimum Gasteiger partial charge on any atom is -0.497 e. The normalized spacial score (nSPS) is 10.6. The molecule has 2 aromatic carbocycles. The quantitative estimate of drug-likeness (QED) is 0.386. The topological polar surface area (TPSA) is 105 Å². The summed E-state index contributed by atoms with van der Waals surface area (Å²) in [5.74, 6) is 0.185. The second-order valence-electron chi connectivity index (χ2n) is 7.27. The number of amides is 1. The van der Waals surface area contributed by atoms with Crippen molar-refractivity contribution < 1.29 is 28.5 Å². The first kappa shape index (κ1) is 23.8. The van der Waals surface area contributed by atoms with E-state index in [0.29, 0.717) is 28.5 Å². The Morgan fingerprint density at radius 3 is 2.23 bits per heavy atom. The molecular weight excluding hydrogens is 472 g/mol. The van der Waals surface area contributed by atoms with Gasteiger partial charge in [-0.2, -0.15) is 0 Å². The molecule has 0 unspecified atom stereocenters. The van der Waals surface area contributed by atoms with Gasteiger partial charge in [-0.05, 0) is 41.8 Å². The van der Waals surface area contributed by atoms with Crippen molar-refractivity contribution in [3.63, 3.8) is 0 Å². The van der Waals surface area contributed by atoms with Crippen LogP contribution in [0.5, 0.6) is 17.2 Å². The number of hydrogen-bond acceptors (Lipinski definition) is 8. The van der Waals surface area contributed by atoms with Gasteiger partial charge in [0.25, 0.3) is 5.91 Å². The van der Waals surface area contributed by atoms with Crippen LogP contribution >= 0.6 is 11.3 Å². The zero-order valence-electron chi connectivity index (χ0n) is 19.4. The van der Waals surface area contributed by atoms with Crippen LogP contribution in [0.4, 0.5) is 5.69 Å². The van der Waals surface area contributed by atoms with Gasteiger partial charge in [0.2, 0.25) is 5.43 Å². The van der Waals surface area contributed by atoms with Crippen molar-refractivity contribution in [2.75, 3.05) is 33.8 Å². The molecule has 10 heteroatoms. The zero-order chi connectivity index (χ0) is 25.1. The van der Waals surface area contributed by atoms with Crippen LogP contribution in [0.3, 0.4) is 0 Å². The molecule has 0 saturated carbocycles. The maximum atomic E-state index is 13.4. The van der Waals surface area contributed by atoms with Crippen LogP contribution in [0.15, 0.2) is 58.8 Å². The van der Waals surface area contributed by atoms with Crippen molar-refractivity contribution in [3.05, 3.63) is 74.7 Å². The number of thiophene rings is 1. The Hall–Kier alpha value is -4.31. The fourth-order valence-corrected chi connectivity index (χ4v) is 4.38. The van der Waals surface area contributed by atoms with E-state index in [2.05, 4.69) is 5.32 Å². The van der Waals surface area contributed by atoms with Gasteiger partial charge in [0.1, 0.15) is 16.2 Å². The summed E-state index contributed by atoms with van der Waals surface area (Å²) in [7, 11) is 5.79. The lowest BCUT2D eigenvalue weighted by Gasteiger charge is -2.16. The molecule has 4 rings (SSSR count). The van der Waals surface area contributed by atoms with Gasteiger partial charge in [0, 0.05) is 18.0 Å². The van der Waals surface area contributed by atoms with Crippen molar-refractivity contribution in [2.24, 2.45) is 0 Å². The molecule has 1 amide bonds. The molecule has 0 saturated heterocycles. The van der Waals surface area contributed by atoms with Crippen molar-refractivity contribution in [2.45, 2.75) is 0 Å². The monoisotopic (exact) mass is 494 g/mol. The van der Waals surface area contributed by atoms with Gasteiger partial charge in [-0.15, -0.1) is 11.3 Å². The Morgan fingerprint density at radius 2 is 1.60 bits per heavy atom. The van der Waals surface area contributed by atoms with Gasteiger partial charge in [-0.1, -0.05) is 0 Å². The first-order valence-electron chi connectivity index (χ1n) is 10.3. The number of anilines is 1. The number of esters is 1. The van der Waals surface area contributed by atoms with E-state index >= 15 is 0 Å². The average Bonchev–Trinajstić information content (AvgIpc) is 3.35. The number of carbonyl (C=O) groups is 2. The maximum absolute atomic E-state index is 13.4. The molecule has 35 heavy (non-hydrogen) atoms. The molecule has 2 aromatic heterocycles. The number of rotatable bonds is 7. The lowest BCUT2D eigenvalue weighted by molar-refractivity contribution is 0.0607. The summed E-state index contributed by atoms with van der Waals surface area (Å²) in [4.78, 5) is 38.9. The fourth-order valence-electron chi connectivity index (χ4n) is 3.62. The molecule has 0 aliphatic rings. The minimum absolute atomic E-state index is 0.123. The van der Waals surface area contributed by atoms with E-state index in [1.165, 1.54) is 33.6 Å². The molecule has 0 radical (unpaired) electrons. The highest BCUT2D eigenvalue weighted by Crippen LogP contribution is 2.32. The largest absolute Gasteiger partial charge is 0.497 e. The van der Waals surface area contributed by atoms with Crippen LogP contribution in [0.2, 0.25) is 0 Å². The fraction of sp³-hybridized carbons (Fsp3) is 0.160. The summed E-state index contributed by atoms with van der Waals surface area (Å²) in [5.41, 5.74) is 0.832. The van der Waals surface area contributed by atoms with E-state index in [1.807, 2.05) is 0 Å². The Labute approximate surface area is 204 Å². The maximum Gasteiger partial charge on any atom is 0.350 e. The van der Waals surface area contributed by atoms with Gasteiger partial charge in [-0.25, -0.2) is 4.79 Å². The van der Waals surface area contributed by atoms with Crippen LogP contribution < -0.4 is 25.0 Å². The molecule has 0 atom stereocenters. The number of benzene rings is 2. The van der Waals surface area contributed by atoms with Crippen molar-refractivity contribution >= 4 is 39.8 Å². The molecule has 2 heterocycles. The number of fused-ring (bicyclic) bond motifs is 1. The molecule has 9 nitrogen and oxygen atoms in total. The van der Waals surface area contributed by atoms with Gasteiger partial charge in [0.15, 0.2) is 11.5 Å². The first-order chi connectivity index (χ1) is 16.9. The molecule has 180 valence electrons. The molecule has 0 spiro atoms. The highest BCUT2D eigenvalue weighted by atomic mass is 32.1. The third-order valence-corrected chi connectivity index (χ3v) is 6.28. The lowest BCUT2D eigenvalue weighted by Crippen LogP contribution is -2.24. The number of pyridine rings is 1. The van der Waals surface area contributed by atoms with Crippen molar-refractivity contribution in [3.8, 4) is 22.9 Å². The van der Waals surface area contributed by atoms with Crippen molar-refractivity contribution in [1.29, 1.82) is 0 Å². The van der Waals surface area contributed by atoms with Crippen LogP contribution in [0.25, 0.3) is 16.6 Å². The Morgan fingerprint density at radius 1 is 0.914 bits per heavy atom. The standard InChI is InChI=1S/C25H22N2O7S/c1-31-15-7-5-14(6-8-15)27-13-17(24(29)26-18-9-10-35-23(18)25(30)34-4)22(28)16-11-20(32-2)21(33-3)12-19(16)27/h5-13H,1-4H3,(H,26,29). The van der Waals surface area contributed by atoms with Crippen LogP contribution in [-0.4, -0.2) is 44.9 Å². The van der Waals surface area contributed by atoms with Crippen LogP contribution in [0, 0.1) is 0 Å². The van der Waals surface area contributed by atoms with E-state index in [-0.39, 0.29) is 21.5 Å². The first-order valence-corrected chi connectivity index (χ1v) is 11.2. The second kappa shape index (κ2) is 9.90. The molecule has 1 N–H and O–H groups in total. The molecule has 0 fully saturated rings. The van der Waals surface area contributed by atoms with E-state index in [4.69, 9.17) is 18.9 Å². The Bertz CT molecular complexity index is 1470. The van der Waals surface area contributed by atoms with Crippen molar-refractivity contribution in [1.82, 2.24) is 4.57 Å². The van der Waals surface area contributed by atoms with E-state index in [0.717, 1.165) is 11.3 Å². The number of aromatic nitrogens is 1. The smallest absolute Gasteiger partial charge is 0.350 e. The van der Waals surface area contributed by atoms with Crippen LogP contribution in [-0.2, 0) is 4.74 Å².